The van der Waals surface area contributed by atoms with Gasteiger partial charge in [-0.1, -0.05) is 34.1 Å². The highest BCUT2D eigenvalue weighted by molar-refractivity contribution is 9.10. The van der Waals surface area contributed by atoms with Crippen molar-refractivity contribution in [2.75, 3.05) is 19.0 Å². The molecule has 0 aliphatic heterocycles. The Morgan fingerprint density at radius 3 is 2.05 bits per heavy atom. The van der Waals surface area contributed by atoms with Crippen LogP contribution in [0.5, 0.6) is 0 Å². The number of hydrogen-bond donors (Lipinski definition) is 2. The second kappa shape index (κ2) is 6.77. The Hall–Kier alpha value is -0.430. The van der Waals surface area contributed by atoms with Gasteiger partial charge >= 0.3 is 0 Å². The zero-order valence-corrected chi connectivity index (χ0v) is 15.0. The predicted molar refractivity (Wildman–Crippen MR) is 88.1 cm³/mol. The Bertz CT molecular complexity index is 572. The smallest absolute Gasteiger partial charge is 0.155 e. The van der Waals surface area contributed by atoms with Crippen molar-refractivity contribution in [1.29, 1.82) is 0 Å². The summed E-state index contributed by atoms with van der Waals surface area (Å²) >= 11 is 3.40. The molecule has 120 valence electrons. The van der Waals surface area contributed by atoms with Crippen molar-refractivity contribution in [1.82, 2.24) is 0 Å². The van der Waals surface area contributed by atoms with E-state index < -0.39 is 20.0 Å². The molecule has 1 rings (SSSR count). The molecule has 0 aliphatic carbocycles. The molecule has 0 fully saturated rings. The van der Waals surface area contributed by atoms with E-state index >= 15 is 0 Å². The lowest BCUT2D eigenvalue weighted by molar-refractivity contribution is 0.113. The van der Waals surface area contributed by atoms with Gasteiger partial charge in [0.1, 0.15) is 0 Å². The van der Waals surface area contributed by atoms with Gasteiger partial charge in [-0.3, -0.25) is 0 Å². The van der Waals surface area contributed by atoms with Crippen molar-refractivity contribution < 1.29 is 18.6 Å². The Kier molecular flexibility index (Phi) is 6.00. The largest absolute Gasteiger partial charge is 0.395 e. The normalized spacial score (nSPS) is 13.4. The second-order valence-electron chi connectivity index (χ2n) is 6.26. The Labute approximate surface area is 135 Å². The standard InChI is InChI=1S/C15H23BrO4S/c1-14(2,3)21(19,20)9-8-15(10-17,11-18)12-6-4-5-7-13(12)16/h4-7,17-18H,8-11H2,1-3H3. The van der Waals surface area contributed by atoms with Gasteiger partial charge in [0.05, 0.1) is 23.7 Å². The quantitative estimate of drug-likeness (QED) is 0.795. The average molecular weight is 379 g/mol. The molecule has 0 spiro atoms. The van der Waals surface area contributed by atoms with Crippen molar-refractivity contribution in [3.63, 3.8) is 0 Å². The van der Waals surface area contributed by atoms with Crippen LogP contribution >= 0.6 is 15.9 Å². The lowest BCUT2D eigenvalue weighted by Crippen LogP contribution is -2.40. The lowest BCUT2D eigenvalue weighted by Gasteiger charge is -2.32. The van der Waals surface area contributed by atoms with Gasteiger partial charge in [0, 0.05) is 9.89 Å². The molecule has 0 atom stereocenters. The van der Waals surface area contributed by atoms with Gasteiger partial charge in [-0.15, -0.1) is 0 Å². The molecule has 0 aromatic heterocycles. The number of aliphatic hydroxyl groups is 2. The molecule has 0 aliphatic rings. The van der Waals surface area contributed by atoms with E-state index in [-0.39, 0.29) is 25.4 Å². The number of benzene rings is 1. The Morgan fingerprint density at radius 1 is 1.10 bits per heavy atom. The fourth-order valence-corrected chi connectivity index (χ4v) is 4.02. The van der Waals surface area contributed by atoms with Gasteiger partial charge in [0.15, 0.2) is 9.84 Å². The van der Waals surface area contributed by atoms with Crippen molar-refractivity contribution in [2.45, 2.75) is 37.4 Å². The van der Waals surface area contributed by atoms with E-state index in [9.17, 15) is 18.6 Å². The van der Waals surface area contributed by atoms with Crippen LogP contribution in [-0.2, 0) is 15.3 Å². The molecule has 0 bridgehead atoms. The molecule has 1 aromatic carbocycles. The third kappa shape index (κ3) is 4.06. The summed E-state index contributed by atoms with van der Waals surface area (Å²) in [5.41, 5.74) is -0.252. The minimum absolute atomic E-state index is 0.0844. The van der Waals surface area contributed by atoms with Crippen LogP contribution in [0.3, 0.4) is 0 Å². The van der Waals surface area contributed by atoms with Crippen LogP contribution < -0.4 is 0 Å². The molecule has 1 aromatic rings. The van der Waals surface area contributed by atoms with Gasteiger partial charge in [-0.2, -0.15) is 0 Å². The lowest BCUT2D eigenvalue weighted by atomic mass is 9.79. The second-order valence-corrected chi connectivity index (χ2v) is 9.97. The maximum Gasteiger partial charge on any atom is 0.155 e. The van der Waals surface area contributed by atoms with E-state index in [2.05, 4.69) is 15.9 Å². The first kappa shape index (κ1) is 18.6. The molecule has 0 radical (unpaired) electrons. The van der Waals surface area contributed by atoms with Crippen LogP contribution in [0.4, 0.5) is 0 Å². The van der Waals surface area contributed by atoms with Gasteiger partial charge < -0.3 is 10.2 Å². The average Bonchev–Trinajstić information content (AvgIpc) is 2.41. The minimum atomic E-state index is -3.31. The van der Waals surface area contributed by atoms with E-state index in [4.69, 9.17) is 0 Å². The third-order valence-electron chi connectivity index (χ3n) is 3.83. The molecule has 6 heteroatoms. The van der Waals surface area contributed by atoms with Crippen molar-refractivity contribution in [3.05, 3.63) is 34.3 Å². The van der Waals surface area contributed by atoms with E-state index in [0.29, 0.717) is 0 Å². The van der Waals surface area contributed by atoms with Gasteiger partial charge in [-0.25, -0.2) is 8.42 Å². The third-order valence-corrected chi connectivity index (χ3v) is 7.13. The van der Waals surface area contributed by atoms with Crippen LogP contribution in [0.1, 0.15) is 32.8 Å². The molecular formula is C15H23BrO4S. The first-order chi connectivity index (χ1) is 9.59. The zero-order chi connectivity index (χ0) is 16.3. The molecule has 0 saturated carbocycles. The summed E-state index contributed by atoms with van der Waals surface area (Å²) in [6.07, 6.45) is 0.169. The number of hydrogen-bond acceptors (Lipinski definition) is 4. The molecule has 4 nitrogen and oxygen atoms in total. The monoisotopic (exact) mass is 378 g/mol. The van der Waals surface area contributed by atoms with E-state index in [1.54, 1.807) is 32.9 Å². The van der Waals surface area contributed by atoms with Crippen molar-refractivity contribution in [2.24, 2.45) is 0 Å². The van der Waals surface area contributed by atoms with Gasteiger partial charge in [-0.05, 0) is 38.8 Å². The highest BCUT2D eigenvalue weighted by Crippen LogP contribution is 2.34. The van der Waals surface area contributed by atoms with E-state index in [0.717, 1.165) is 10.0 Å². The molecular weight excluding hydrogens is 356 g/mol. The predicted octanol–water partition coefficient (Wildman–Crippen LogP) is 2.27. The van der Waals surface area contributed by atoms with Crippen molar-refractivity contribution in [3.8, 4) is 0 Å². The first-order valence-electron chi connectivity index (χ1n) is 6.79. The highest BCUT2D eigenvalue weighted by atomic mass is 79.9. The van der Waals surface area contributed by atoms with Crippen LogP contribution in [-0.4, -0.2) is 42.3 Å². The summed E-state index contributed by atoms with van der Waals surface area (Å²) in [5.74, 6) is -0.0844. The fraction of sp³-hybridized carbons (Fsp3) is 0.600. The van der Waals surface area contributed by atoms with Gasteiger partial charge in [0.2, 0.25) is 0 Å². The summed E-state index contributed by atoms with van der Waals surface area (Å²) in [6.45, 7) is 4.33. The van der Waals surface area contributed by atoms with Crippen LogP contribution in [0, 0.1) is 0 Å². The molecule has 0 heterocycles. The molecule has 0 saturated heterocycles. The first-order valence-corrected chi connectivity index (χ1v) is 9.23. The summed E-state index contributed by atoms with van der Waals surface area (Å²) in [7, 11) is -3.31. The number of aliphatic hydroxyl groups excluding tert-OH is 2. The SMILES string of the molecule is CC(C)(C)S(=O)(=O)CCC(CO)(CO)c1ccccc1Br. The minimum Gasteiger partial charge on any atom is -0.395 e. The topological polar surface area (TPSA) is 74.6 Å². The maximum absolute atomic E-state index is 12.3. The van der Waals surface area contributed by atoms with Gasteiger partial charge in [0.25, 0.3) is 0 Å². The number of sulfone groups is 1. The molecule has 2 N–H and O–H groups in total. The molecule has 0 unspecified atom stereocenters. The zero-order valence-electron chi connectivity index (χ0n) is 12.6. The number of rotatable bonds is 6. The van der Waals surface area contributed by atoms with Crippen LogP contribution in [0.25, 0.3) is 0 Å². The number of halogens is 1. The van der Waals surface area contributed by atoms with Crippen LogP contribution in [0.15, 0.2) is 28.7 Å². The van der Waals surface area contributed by atoms with Crippen molar-refractivity contribution >= 4 is 25.8 Å². The fourth-order valence-electron chi connectivity index (χ4n) is 2.04. The molecule has 0 amide bonds. The van der Waals surface area contributed by atoms with E-state index in [1.165, 1.54) is 0 Å². The summed E-state index contributed by atoms with van der Waals surface area (Å²) in [5, 5.41) is 19.6. The summed E-state index contributed by atoms with van der Waals surface area (Å²) in [6, 6.07) is 7.24. The maximum atomic E-state index is 12.3. The summed E-state index contributed by atoms with van der Waals surface area (Å²) < 4.78 is 24.4. The highest BCUT2D eigenvalue weighted by Gasteiger charge is 2.37. The molecule has 21 heavy (non-hydrogen) atoms. The Balaban J connectivity index is 3.12. The summed E-state index contributed by atoms with van der Waals surface area (Å²) in [4.78, 5) is 0. The van der Waals surface area contributed by atoms with Crippen LogP contribution in [0.2, 0.25) is 0 Å². The Morgan fingerprint density at radius 2 is 1.62 bits per heavy atom. The van der Waals surface area contributed by atoms with E-state index in [1.807, 2.05) is 12.1 Å².